The third kappa shape index (κ3) is 2.91. The number of rotatable bonds is 4. The van der Waals surface area contributed by atoms with Crippen LogP contribution in [0.3, 0.4) is 0 Å². The molecule has 1 aromatic carbocycles. The van der Waals surface area contributed by atoms with Crippen molar-refractivity contribution >= 4 is 5.69 Å². The zero-order valence-electron chi connectivity index (χ0n) is 16.2. The van der Waals surface area contributed by atoms with E-state index in [1.807, 2.05) is 12.5 Å². The minimum absolute atomic E-state index is 0.859. The molecule has 2 aromatic heterocycles. The van der Waals surface area contributed by atoms with Crippen molar-refractivity contribution < 1.29 is 0 Å². The molecule has 136 valence electrons. The topological polar surface area (TPSA) is 38.9 Å². The van der Waals surface area contributed by atoms with E-state index in [4.69, 9.17) is 0 Å². The van der Waals surface area contributed by atoms with Crippen LogP contribution in [0.1, 0.15) is 28.9 Å². The molecule has 0 spiro atoms. The molecule has 0 radical (unpaired) electrons. The highest BCUT2D eigenvalue weighted by Gasteiger charge is 2.15. The molecular formula is C21H27N5. The minimum Gasteiger partial charge on any atom is -0.374 e. The smallest absolute Gasteiger partial charge is 0.0951 e. The third-order valence-electron chi connectivity index (χ3n) is 5.73. The van der Waals surface area contributed by atoms with Gasteiger partial charge in [-0.2, -0.15) is 5.10 Å². The Labute approximate surface area is 155 Å². The Balaban J connectivity index is 1.58. The maximum atomic E-state index is 4.66. The van der Waals surface area contributed by atoms with Crippen LogP contribution in [0.4, 0.5) is 5.69 Å². The fourth-order valence-corrected chi connectivity index (χ4v) is 3.89. The second-order valence-electron chi connectivity index (χ2n) is 7.36. The van der Waals surface area contributed by atoms with Gasteiger partial charge in [-0.1, -0.05) is 6.07 Å². The summed E-state index contributed by atoms with van der Waals surface area (Å²) in [4.78, 5) is 6.76. The lowest BCUT2D eigenvalue weighted by Crippen LogP contribution is -2.24. The van der Waals surface area contributed by atoms with Gasteiger partial charge in [0.15, 0.2) is 0 Å². The lowest BCUT2D eigenvalue weighted by Gasteiger charge is -2.27. The quantitative estimate of drug-likeness (QED) is 0.720. The molecule has 0 atom stereocenters. The minimum atomic E-state index is 0.859. The first-order chi connectivity index (χ1) is 12.5. The largest absolute Gasteiger partial charge is 0.374 e. The summed E-state index contributed by atoms with van der Waals surface area (Å²) in [7, 11) is 2.18. The molecule has 3 aromatic rings. The molecule has 5 heteroatoms. The number of hydrogen-bond donors (Lipinski definition) is 0. The Morgan fingerprint density at radius 2 is 1.96 bits per heavy atom. The van der Waals surface area contributed by atoms with Crippen molar-refractivity contribution in [2.75, 3.05) is 18.5 Å². The Kier molecular flexibility index (Phi) is 4.31. The maximum Gasteiger partial charge on any atom is 0.0951 e. The van der Waals surface area contributed by atoms with Crippen LogP contribution < -0.4 is 4.90 Å². The fourth-order valence-electron chi connectivity index (χ4n) is 3.89. The van der Waals surface area contributed by atoms with Crippen molar-refractivity contribution in [3.8, 4) is 11.3 Å². The van der Waals surface area contributed by atoms with E-state index in [9.17, 15) is 0 Å². The maximum absolute atomic E-state index is 4.66. The number of aromatic nitrogens is 4. The van der Waals surface area contributed by atoms with Crippen molar-refractivity contribution in [3.05, 3.63) is 53.2 Å². The van der Waals surface area contributed by atoms with E-state index in [-0.39, 0.29) is 0 Å². The summed E-state index contributed by atoms with van der Waals surface area (Å²) in [5.41, 5.74) is 8.89. The van der Waals surface area contributed by atoms with Gasteiger partial charge in [-0.15, -0.1) is 0 Å². The van der Waals surface area contributed by atoms with Crippen LogP contribution in [-0.2, 0) is 19.5 Å². The first kappa shape index (κ1) is 16.9. The molecule has 26 heavy (non-hydrogen) atoms. The van der Waals surface area contributed by atoms with E-state index in [1.165, 1.54) is 40.2 Å². The van der Waals surface area contributed by atoms with Gasteiger partial charge in [0, 0.05) is 37.1 Å². The second kappa shape index (κ2) is 6.63. The molecule has 4 rings (SSSR count). The number of imidazole rings is 1. The standard InChI is InChI=1S/C21H27N5/c1-15-16(2)23-26(17(15)3)11-10-25-14-22-13-21(25)19-7-8-20-18(12-19)6-5-9-24(20)4/h7-8,12-14H,5-6,9-11H2,1-4H3. The number of hydrogen-bond acceptors (Lipinski definition) is 3. The van der Waals surface area contributed by atoms with Gasteiger partial charge in [0.05, 0.1) is 30.5 Å². The molecule has 0 fully saturated rings. The van der Waals surface area contributed by atoms with Gasteiger partial charge in [-0.05, 0) is 56.9 Å². The van der Waals surface area contributed by atoms with Gasteiger partial charge in [-0.3, -0.25) is 4.68 Å². The molecule has 0 saturated heterocycles. The first-order valence-corrected chi connectivity index (χ1v) is 9.40. The number of benzene rings is 1. The monoisotopic (exact) mass is 349 g/mol. The Morgan fingerprint density at radius 1 is 1.12 bits per heavy atom. The molecule has 3 heterocycles. The van der Waals surface area contributed by atoms with E-state index < -0.39 is 0 Å². The highest BCUT2D eigenvalue weighted by Crippen LogP contribution is 2.30. The predicted octanol–water partition coefficient (Wildman–Crippen LogP) is 3.75. The molecule has 0 unspecified atom stereocenters. The Bertz CT molecular complexity index is 934. The molecule has 0 aliphatic carbocycles. The van der Waals surface area contributed by atoms with Gasteiger partial charge >= 0.3 is 0 Å². The normalized spacial score (nSPS) is 13.9. The SMILES string of the molecule is Cc1nn(CCn2cncc2-c2ccc3c(c2)CCCN3C)c(C)c1C. The van der Waals surface area contributed by atoms with Gasteiger partial charge < -0.3 is 9.47 Å². The van der Waals surface area contributed by atoms with Gasteiger partial charge in [0.2, 0.25) is 0 Å². The summed E-state index contributed by atoms with van der Waals surface area (Å²) in [5.74, 6) is 0. The molecule has 0 N–H and O–H groups in total. The lowest BCUT2D eigenvalue weighted by atomic mass is 9.98. The highest BCUT2D eigenvalue weighted by atomic mass is 15.3. The Morgan fingerprint density at radius 3 is 2.73 bits per heavy atom. The lowest BCUT2D eigenvalue weighted by molar-refractivity contribution is 0.523. The van der Waals surface area contributed by atoms with E-state index >= 15 is 0 Å². The van der Waals surface area contributed by atoms with Crippen LogP contribution in [0.25, 0.3) is 11.3 Å². The molecule has 0 bridgehead atoms. The van der Waals surface area contributed by atoms with Crippen molar-refractivity contribution in [3.63, 3.8) is 0 Å². The summed E-state index contributed by atoms with van der Waals surface area (Å²) in [5, 5.41) is 4.66. The molecule has 1 aliphatic rings. The van der Waals surface area contributed by atoms with Crippen LogP contribution in [0.2, 0.25) is 0 Å². The average molecular weight is 349 g/mol. The van der Waals surface area contributed by atoms with E-state index in [0.29, 0.717) is 0 Å². The van der Waals surface area contributed by atoms with E-state index in [1.54, 1.807) is 0 Å². The molecule has 1 aliphatic heterocycles. The van der Waals surface area contributed by atoms with Crippen molar-refractivity contribution in [2.24, 2.45) is 0 Å². The summed E-state index contributed by atoms with van der Waals surface area (Å²) >= 11 is 0. The molecular weight excluding hydrogens is 322 g/mol. The van der Waals surface area contributed by atoms with Crippen LogP contribution in [0, 0.1) is 20.8 Å². The summed E-state index contributed by atoms with van der Waals surface area (Å²) in [6, 6.07) is 6.82. The highest BCUT2D eigenvalue weighted by molar-refractivity contribution is 5.67. The summed E-state index contributed by atoms with van der Waals surface area (Å²) < 4.78 is 4.34. The zero-order chi connectivity index (χ0) is 18.3. The van der Waals surface area contributed by atoms with Crippen molar-refractivity contribution in [2.45, 2.75) is 46.7 Å². The van der Waals surface area contributed by atoms with Crippen LogP contribution in [0.5, 0.6) is 0 Å². The molecule has 0 saturated carbocycles. The fraction of sp³-hybridized carbons (Fsp3) is 0.429. The summed E-state index contributed by atoms with van der Waals surface area (Å²) in [6.45, 7) is 9.23. The second-order valence-corrected chi connectivity index (χ2v) is 7.36. The van der Waals surface area contributed by atoms with Gasteiger partial charge in [0.25, 0.3) is 0 Å². The predicted molar refractivity (Wildman–Crippen MR) is 106 cm³/mol. The number of fused-ring (bicyclic) bond motifs is 1. The van der Waals surface area contributed by atoms with Gasteiger partial charge in [0.1, 0.15) is 0 Å². The number of anilines is 1. The van der Waals surface area contributed by atoms with E-state index in [2.05, 4.69) is 70.2 Å². The zero-order valence-corrected chi connectivity index (χ0v) is 16.2. The van der Waals surface area contributed by atoms with E-state index in [0.717, 1.165) is 31.7 Å². The van der Waals surface area contributed by atoms with Crippen LogP contribution in [0.15, 0.2) is 30.7 Å². The average Bonchev–Trinajstić information content (AvgIpc) is 3.20. The van der Waals surface area contributed by atoms with Crippen LogP contribution in [-0.4, -0.2) is 32.9 Å². The van der Waals surface area contributed by atoms with Crippen LogP contribution >= 0.6 is 0 Å². The molecule has 5 nitrogen and oxygen atoms in total. The third-order valence-corrected chi connectivity index (χ3v) is 5.73. The Hall–Kier alpha value is -2.56. The number of nitrogens with zero attached hydrogens (tertiary/aromatic N) is 5. The first-order valence-electron chi connectivity index (χ1n) is 9.40. The molecule has 0 amide bonds. The van der Waals surface area contributed by atoms with Crippen molar-refractivity contribution in [1.82, 2.24) is 19.3 Å². The van der Waals surface area contributed by atoms with Gasteiger partial charge in [-0.25, -0.2) is 4.98 Å². The number of aryl methyl sites for hydroxylation is 4. The summed E-state index contributed by atoms with van der Waals surface area (Å²) in [6.07, 6.45) is 6.29. The van der Waals surface area contributed by atoms with Crippen molar-refractivity contribution in [1.29, 1.82) is 0 Å².